The monoisotopic (exact) mass is 377 g/mol. The molecule has 2 aliphatic rings. The van der Waals surface area contributed by atoms with Gasteiger partial charge in [0.05, 0.1) is 11.8 Å². The molecule has 5 nitrogen and oxygen atoms in total. The van der Waals surface area contributed by atoms with Crippen LogP contribution in [0.25, 0.3) is 0 Å². The minimum Gasteiger partial charge on any atom is -0.508 e. The van der Waals surface area contributed by atoms with E-state index in [1.807, 2.05) is 47.5 Å². The van der Waals surface area contributed by atoms with Crippen LogP contribution in [0.1, 0.15) is 35.4 Å². The van der Waals surface area contributed by atoms with Gasteiger partial charge in [-0.05, 0) is 36.4 Å². The van der Waals surface area contributed by atoms with Crippen molar-refractivity contribution in [2.45, 2.75) is 18.7 Å². The summed E-state index contributed by atoms with van der Waals surface area (Å²) in [5.74, 6) is 1.03. The molecule has 27 heavy (non-hydrogen) atoms. The third-order valence-corrected chi connectivity index (χ3v) is 5.14. The van der Waals surface area contributed by atoms with Gasteiger partial charge < -0.3 is 9.84 Å². The molecule has 0 unspecified atom stereocenters. The largest absolute Gasteiger partial charge is 0.508 e. The number of aromatic nitrogens is 1. The molecule has 0 spiro atoms. The topological polar surface area (TPSA) is 58.0 Å². The van der Waals surface area contributed by atoms with Crippen LogP contribution in [0.3, 0.4) is 0 Å². The summed E-state index contributed by atoms with van der Waals surface area (Å²) < 4.78 is 6.27. The molecule has 0 radical (unpaired) electrons. The van der Waals surface area contributed by atoms with Crippen LogP contribution in [0.2, 0.25) is 5.02 Å². The number of rotatable bonds is 2. The maximum atomic E-state index is 9.84. The summed E-state index contributed by atoms with van der Waals surface area (Å²) in [7, 11) is 0. The number of ether oxygens (including phenoxy) is 1. The normalized spacial score (nSPS) is 20.5. The predicted molar refractivity (Wildman–Crippen MR) is 103 cm³/mol. The molecular formula is C21H16ClN3O2. The quantitative estimate of drug-likeness (QED) is 0.704. The van der Waals surface area contributed by atoms with Crippen LogP contribution in [0.15, 0.2) is 72.1 Å². The van der Waals surface area contributed by atoms with Crippen LogP contribution >= 0.6 is 11.6 Å². The average Bonchev–Trinajstić information content (AvgIpc) is 3.14. The second-order valence-corrected chi connectivity index (χ2v) is 7.07. The lowest BCUT2D eigenvalue weighted by Gasteiger charge is -2.38. The molecule has 0 bridgehead atoms. The Labute approximate surface area is 161 Å². The number of halogens is 1. The predicted octanol–water partition coefficient (Wildman–Crippen LogP) is 4.68. The maximum Gasteiger partial charge on any atom is 0.215 e. The van der Waals surface area contributed by atoms with Crippen molar-refractivity contribution in [3.05, 3.63) is 88.7 Å². The lowest BCUT2D eigenvalue weighted by atomic mass is 9.96. The Morgan fingerprint density at radius 1 is 1.11 bits per heavy atom. The van der Waals surface area contributed by atoms with Gasteiger partial charge in [0.2, 0.25) is 6.23 Å². The van der Waals surface area contributed by atoms with Crippen molar-refractivity contribution in [1.29, 1.82) is 0 Å². The molecule has 0 fully saturated rings. The molecule has 2 atom stereocenters. The zero-order valence-corrected chi connectivity index (χ0v) is 15.0. The van der Waals surface area contributed by atoms with Gasteiger partial charge in [-0.2, -0.15) is 5.10 Å². The molecule has 3 aromatic rings. The Morgan fingerprint density at radius 2 is 2.04 bits per heavy atom. The van der Waals surface area contributed by atoms with E-state index < -0.39 is 0 Å². The summed E-state index contributed by atoms with van der Waals surface area (Å²) in [6.45, 7) is 0. The van der Waals surface area contributed by atoms with E-state index in [0.717, 1.165) is 28.2 Å². The molecule has 0 aliphatic carbocycles. The Balaban J connectivity index is 1.61. The SMILES string of the molecule is Oc1cccc(C2=NN3[C@H](C2)c2cc(Cl)ccc2O[C@@H]3c2cccnc2)c1. The number of aromatic hydroxyl groups is 1. The van der Waals surface area contributed by atoms with Gasteiger partial charge in [-0.1, -0.05) is 29.8 Å². The van der Waals surface area contributed by atoms with E-state index in [1.165, 1.54) is 0 Å². The van der Waals surface area contributed by atoms with Gasteiger partial charge in [-0.15, -0.1) is 0 Å². The van der Waals surface area contributed by atoms with E-state index in [1.54, 1.807) is 24.5 Å². The molecule has 6 heteroatoms. The molecule has 3 heterocycles. The third kappa shape index (κ3) is 2.80. The van der Waals surface area contributed by atoms with E-state index in [0.29, 0.717) is 11.4 Å². The highest BCUT2D eigenvalue weighted by molar-refractivity contribution is 6.30. The number of nitrogens with zero attached hydrogens (tertiary/aromatic N) is 3. The first-order valence-corrected chi connectivity index (χ1v) is 9.08. The minimum atomic E-state index is -0.368. The first kappa shape index (κ1) is 16.1. The van der Waals surface area contributed by atoms with Crippen LogP contribution < -0.4 is 4.74 Å². The van der Waals surface area contributed by atoms with Gasteiger partial charge in [0.1, 0.15) is 11.5 Å². The van der Waals surface area contributed by atoms with Gasteiger partial charge in [-0.25, -0.2) is 5.01 Å². The molecule has 5 rings (SSSR count). The summed E-state index contributed by atoms with van der Waals surface area (Å²) in [5.41, 5.74) is 3.75. The number of hydrogen-bond donors (Lipinski definition) is 1. The summed E-state index contributed by atoms with van der Waals surface area (Å²) in [4.78, 5) is 4.22. The van der Waals surface area contributed by atoms with Gasteiger partial charge in [-0.3, -0.25) is 4.98 Å². The van der Waals surface area contributed by atoms with Crippen LogP contribution in [-0.2, 0) is 0 Å². The molecule has 0 saturated heterocycles. The van der Waals surface area contributed by atoms with E-state index in [-0.39, 0.29) is 18.0 Å². The highest BCUT2D eigenvalue weighted by Gasteiger charge is 2.41. The van der Waals surface area contributed by atoms with Crippen LogP contribution in [0.5, 0.6) is 11.5 Å². The number of pyridine rings is 1. The highest BCUT2D eigenvalue weighted by atomic mass is 35.5. The number of hydrogen-bond acceptors (Lipinski definition) is 5. The van der Waals surface area contributed by atoms with Crippen molar-refractivity contribution in [3.63, 3.8) is 0 Å². The Morgan fingerprint density at radius 3 is 2.85 bits per heavy atom. The second-order valence-electron chi connectivity index (χ2n) is 6.64. The molecule has 1 aromatic heterocycles. The zero-order valence-electron chi connectivity index (χ0n) is 14.3. The van der Waals surface area contributed by atoms with Crippen molar-refractivity contribution < 1.29 is 9.84 Å². The fourth-order valence-electron chi connectivity index (χ4n) is 3.66. The van der Waals surface area contributed by atoms with Crippen molar-refractivity contribution in [1.82, 2.24) is 9.99 Å². The summed E-state index contributed by atoms with van der Waals surface area (Å²) >= 11 is 6.24. The van der Waals surface area contributed by atoms with Crippen LogP contribution in [0.4, 0.5) is 0 Å². The number of phenols is 1. The van der Waals surface area contributed by atoms with Crippen molar-refractivity contribution in [3.8, 4) is 11.5 Å². The molecule has 0 amide bonds. The van der Waals surface area contributed by atoms with Gasteiger partial charge in [0.25, 0.3) is 0 Å². The lowest BCUT2D eigenvalue weighted by Crippen LogP contribution is -2.33. The molecule has 0 saturated carbocycles. The first-order chi connectivity index (χ1) is 13.2. The number of phenolic OH excluding ortho intramolecular Hbond substituents is 1. The third-order valence-electron chi connectivity index (χ3n) is 4.90. The molecule has 2 aromatic carbocycles. The fourth-order valence-corrected chi connectivity index (χ4v) is 3.84. The number of benzene rings is 2. The fraction of sp³-hybridized carbons (Fsp3) is 0.143. The van der Waals surface area contributed by atoms with E-state index in [2.05, 4.69) is 4.98 Å². The van der Waals surface area contributed by atoms with Gasteiger partial charge in [0.15, 0.2) is 0 Å². The van der Waals surface area contributed by atoms with E-state index in [4.69, 9.17) is 21.4 Å². The molecular weight excluding hydrogens is 362 g/mol. The van der Waals surface area contributed by atoms with Gasteiger partial charge >= 0.3 is 0 Å². The minimum absolute atomic E-state index is 0.00926. The first-order valence-electron chi connectivity index (χ1n) is 8.70. The summed E-state index contributed by atoms with van der Waals surface area (Å²) in [5, 5.41) is 17.3. The highest BCUT2D eigenvalue weighted by Crippen LogP contribution is 2.48. The van der Waals surface area contributed by atoms with Crippen molar-refractivity contribution in [2.75, 3.05) is 0 Å². The average molecular weight is 378 g/mol. The van der Waals surface area contributed by atoms with E-state index in [9.17, 15) is 5.11 Å². The second kappa shape index (κ2) is 6.28. The standard InChI is InChI=1S/C21H16ClN3O2/c22-15-6-7-20-17(10-15)19-11-18(13-3-1-5-16(26)9-13)24-25(19)21(27-20)14-4-2-8-23-12-14/h1-10,12,19,21,26H,11H2/t19-,21-/m1/s1. The van der Waals surface area contributed by atoms with Gasteiger partial charge in [0, 0.05) is 40.5 Å². The van der Waals surface area contributed by atoms with Crippen molar-refractivity contribution >= 4 is 17.3 Å². The summed E-state index contributed by atoms with van der Waals surface area (Å²) in [6.07, 6.45) is 3.87. The van der Waals surface area contributed by atoms with Crippen molar-refractivity contribution in [2.24, 2.45) is 5.10 Å². The molecule has 134 valence electrons. The van der Waals surface area contributed by atoms with Crippen LogP contribution in [0, 0.1) is 0 Å². The summed E-state index contributed by atoms with van der Waals surface area (Å²) in [6, 6.07) is 16.7. The zero-order chi connectivity index (χ0) is 18.4. The number of hydrazone groups is 1. The molecule has 1 N–H and O–H groups in total. The van der Waals surface area contributed by atoms with E-state index >= 15 is 0 Å². The number of fused-ring (bicyclic) bond motifs is 3. The lowest BCUT2D eigenvalue weighted by molar-refractivity contribution is -0.0192. The Kier molecular flexibility index (Phi) is 3.76. The van der Waals surface area contributed by atoms with Crippen LogP contribution in [-0.4, -0.2) is 20.8 Å². The smallest absolute Gasteiger partial charge is 0.215 e. The molecule has 2 aliphatic heterocycles. The maximum absolute atomic E-state index is 9.84. The Bertz CT molecular complexity index is 1040. The Hall–Kier alpha value is -3.05.